The van der Waals surface area contributed by atoms with E-state index >= 15 is 0 Å². The van der Waals surface area contributed by atoms with Gasteiger partial charge in [0.05, 0.1) is 19.4 Å². The summed E-state index contributed by atoms with van der Waals surface area (Å²) >= 11 is 0. The number of hydrogen-bond donors (Lipinski definition) is 1. The standard InChI is InChI=1S/C27H30N2O3/c1-32-25-14-5-3-9-21(25)15-16-28-27(31)23-12-7-17-29(19-23)26(30)18-22-11-6-10-20-8-2-4-13-24(20)22/h2-6,8-11,13-14,23H,7,12,15-19H2,1H3,(H,28,31). The maximum Gasteiger partial charge on any atom is 0.227 e. The lowest BCUT2D eigenvalue weighted by Crippen LogP contribution is -2.46. The molecular weight excluding hydrogens is 400 g/mol. The van der Waals surface area contributed by atoms with Gasteiger partial charge in [-0.05, 0) is 47.2 Å². The van der Waals surface area contributed by atoms with Crippen LogP contribution in [0.1, 0.15) is 24.0 Å². The van der Waals surface area contributed by atoms with Crippen molar-refractivity contribution in [3.05, 3.63) is 77.9 Å². The monoisotopic (exact) mass is 430 g/mol. The number of para-hydroxylation sites is 1. The minimum atomic E-state index is -0.155. The fourth-order valence-electron chi connectivity index (χ4n) is 4.51. The number of ether oxygens (including phenoxy) is 1. The molecule has 4 rings (SSSR count). The van der Waals surface area contributed by atoms with Crippen LogP contribution < -0.4 is 10.1 Å². The van der Waals surface area contributed by atoms with Crippen LogP contribution in [0.2, 0.25) is 0 Å². The van der Waals surface area contributed by atoms with E-state index in [4.69, 9.17) is 4.74 Å². The van der Waals surface area contributed by atoms with E-state index in [1.54, 1.807) is 7.11 Å². The summed E-state index contributed by atoms with van der Waals surface area (Å²) in [5.41, 5.74) is 2.11. The molecule has 0 saturated carbocycles. The minimum absolute atomic E-state index is 0.0301. The van der Waals surface area contributed by atoms with E-state index in [0.717, 1.165) is 40.5 Å². The lowest BCUT2D eigenvalue weighted by Gasteiger charge is -2.32. The van der Waals surface area contributed by atoms with Crippen molar-refractivity contribution >= 4 is 22.6 Å². The van der Waals surface area contributed by atoms with Crippen LogP contribution in [0.4, 0.5) is 0 Å². The first-order chi connectivity index (χ1) is 15.7. The van der Waals surface area contributed by atoms with Crippen molar-refractivity contribution in [2.24, 2.45) is 5.92 Å². The van der Waals surface area contributed by atoms with Gasteiger partial charge in [0.25, 0.3) is 0 Å². The van der Waals surface area contributed by atoms with Crippen molar-refractivity contribution in [2.45, 2.75) is 25.7 Å². The predicted molar refractivity (Wildman–Crippen MR) is 127 cm³/mol. The number of methoxy groups -OCH3 is 1. The molecule has 2 amide bonds. The van der Waals surface area contributed by atoms with Gasteiger partial charge in [-0.15, -0.1) is 0 Å². The fraction of sp³-hybridized carbons (Fsp3) is 0.333. The zero-order valence-corrected chi connectivity index (χ0v) is 18.5. The molecule has 1 atom stereocenters. The molecule has 0 aromatic heterocycles. The highest BCUT2D eigenvalue weighted by molar-refractivity contribution is 5.90. The number of piperidine rings is 1. The van der Waals surface area contributed by atoms with Gasteiger partial charge in [0, 0.05) is 19.6 Å². The molecule has 1 aliphatic heterocycles. The second-order valence-corrected chi connectivity index (χ2v) is 8.35. The minimum Gasteiger partial charge on any atom is -0.496 e. The smallest absolute Gasteiger partial charge is 0.227 e. The zero-order valence-electron chi connectivity index (χ0n) is 18.5. The Bertz CT molecular complexity index is 1090. The second kappa shape index (κ2) is 10.3. The van der Waals surface area contributed by atoms with Crippen molar-refractivity contribution in [1.82, 2.24) is 10.2 Å². The van der Waals surface area contributed by atoms with Gasteiger partial charge in [0.2, 0.25) is 11.8 Å². The first kappa shape index (κ1) is 21.9. The summed E-state index contributed by atoms with van der Waals surface area (Å²) in [6, 6.07) is 22.1. The number of rotatable bonds is 7. The van der Waals surface area contributed by atoms with Gasteiger partial charge >= 0.3 is 0 Å². The second-order valence-electron chi connectivity index (χ2n) is 8.35. The maximum absolute atomic E-state index is 13.0. The summed E-state index contributed by atoms with van der Waals surface area (Å²) in [5.74, 6) is 0.804. The van der Waals surface area contributed by atoms with Crippen molar-refractivity contribution in [2.75, 3.05) is 26.7 Å². The molecule has 0 bridgehead atoms. The number of benzene rings is 3. The van der Waals surface area contributed by atoms with E-state index < -0.39 is 0 Å². The molecule has 3 aromatic rings. The Morgan fingerprint density at radius 2 is 1.75 bits per heavy atom. The number of amides is 2. The van der Waals surface area contributed by atoms with E-state index in [9.17, 15) is 9.59 Å². The van der Waals surface area contributed by atoms with Gasteiger partial charge in [0.15, 0.2) is 0 Å². The van der Waals surface area contributed by atoms with Crippen LogP contribution in [0, 0.1) is 5.92 Å². The van der Waals surface area contributed by atoms with Crippen LogP contribution in [-0.2, 0) is 22.4 Å². The van der Waals surface area contributed by atoms with Gasteiger partial charge in [-0.25, -0.2) is 0 Å². The molecule has 1 fully saturated rings. The largest absolute Gasteiger partial charge is 0.496 e. The number of hydrogen-bond acceptors (Lipinski definition) is 3. The molecule has 0 radical (unpaired) electrons. The molecule has 1 heterocycles. The first-order valence-electron chi connectivity index (χ1n) is 11.3. The molecule has 0 aliphatic carbocycles. The topological polar surface area (TPSA) is 58.6 Å². The van der Waals surface area contributed by atoms with Crippen molar-refractivity contribution in [3.8, 4) is 5.75 Å². The summed E-state index contributed by atoms with van der Waals surface area (Å²) in [6.45, 7) is 1.76. The summed E-state index contributed by atoms with van der Waals surface area (Å²) in [5, 5.41) is 5.31. The quantitative estimate of drug-likeness (QED) is 0.617. The van der Waals surface area contributed by atoms with Crippen molar-refractivity contribution in [3.63, 3.8) is 0 Å². The molecule has 1 unspecified atom stereocenters. The van der Waals surface area contributed by atoms with Gasteiger partial charge in [-0.3, -0.25) is 9.59 Å². The fourth-order valence-corrected chi connectivity index (χ4v) is 4.51. The third kappa shape index (κ3) is 5.10. The molecule has 1 N–H and O–H groups in total. The number of carbonyl (C=O) groups is 2. The van der Waals surface area contributed by atoms with E-state index in [2.05, 4.69) is 23.5 Å². The maximum atomic E-state index is 13.0. The Balaban J connectivity index is 1.32. The normalized spacial score (nSPS) is 16.0. The summed E-state index contributed by atoms with van der Waals surface area (Å²) in [6.07, 6.45) is 2.75. The number of nitrogens with one attached hydrogen (secondary N) is 1. The summed E-state index contributed by atoms with van der Waals surface area (Å²) in [4.78, 5) is 27.6. The molecule has 166 valence electrons. The molecule has 5 heteroatoms. The molecular formula is C27H30N2O3. The first-order valence-corrected chi connectivity index (χ1v) is 11.3. The number of carbonyl (C=O) groups excluding carboxylic acids is 2. The Morgan fingerprint density at radius 1 is 1.00 bits per heavy atom. The Kier molecular flexibility index (Phi) is 7.05. The van der Waals surface area contributed by atoms with Crippen LogP contribution in [0.3, 0.4) is 0 Å². The average molecular weight is 431 g/mol. The third-order valence-electron chi connectivity index (χ3n) is 6.25. The van der Waals surface area contributed by atoms with E-state index in [0.29, 0.717) is 32.5 Å². The molecule has 3 aromatic carbocycles. The third-order valence-corrected chi connectivity index (χ3v) is 6.25. The predicted octanol–water partition coefficient (Wildman–Crippen LogP) is 3.99. The van der Waals surface area contributed by atoms with Crippen LogP contribution in [-0.4, -0.2) is 43.5 Å². The van der Waals surface area contributed by atoms with Crippen LogP contribution in [0.5, 0.6) is 5.75 Å². The van der Waals surface area contributed by atoms with Gasteiger partial charge in [-0.1, -0.05) is 60.7 Å². The molecule has 5 nitrogen and oxygen atoms in total. The summed E-state index contributed by atoms with van der Waals surface area (Å²) < 4.78 is 5.38. The van der Waals surface area contributed by atoms with E-state index in [-0.39, 0.29) is 17.7 Å². The summed E-state index contributed by atoms with van der Waals surface area (Å²) in [7, 11) is 1.66. The van der Waals surface area contributed by atoms with Gasteiger partial charge in [-0.2, -0.15) is 0 Å². The van der Waals surface area contributed by atoms with E-state index in [1.165, 1.54) is 0 Å². The van der Waals surface area contributed by atoms with Crippen LogP contribution in [0.25, 0.3) is 10.8 Å². The van der Waals surface area contributed by atoms with Gasteiger partial charge < -0.3 is 15.0 Å². The molecule has 1 saturated heterocycles. The molecule has 32 heavy (non-hydrogen) atoms. The van der Waals surface area contributed by atoms with Crippen LogP contribution in [0.15, 0.2) is 66.7 Å². The SMILES string of the molecule is COc1ccccc1CCNC(=O)C1CCCN(C(=O)Cc2cccc3ccccc23)C1. The molecule has 1 aliphatic rings. The van der Waals surface area contributed by atoms with Crippen LogP contribution >= 0.6 is 0 Å². The number of likely N-dealkylation sites (tertiary alicyclic amines) is 1. The Hall–Kier alpha value is -3.34. The lowest BCUT2D eigenvalue weighted by atomic mass is 9.95. The van der Waals surface area contributed by atoms with Gasteiger partial charge in [0.1, 0.15) is 5.75 Å². The highest BCUT2D eigenvalue weighted by Gasteiger charge is 2.28. The lowest BCUT2D eigenvalue weighted by molar-refractivity contribution is -0.135. The zero-order chi connectivity index (χ0) is 22.3. The highest BCUT2D eigenvalue weighted by atomic mass is 16.5. The van der Waals surface area contributed by atoms with E-state index in [1.807, 2.05) is 53.4 Å². The number of nitrogens with zero attached hydrogens (tertiary/aromatic N) is 1. The molecule has 0 spiro atoms. The Labute approximate surface area is 189 Å². The van der Waals surface area contributed by atoms with Crippen molar-refractivity contribution in [1.29, 1.82) is 0 Å². The highest BCUT2D eigenvalue weighted by Crippen LogP contribution is 2.22. The average Bonchev–Trinajstić information content (AvgIpc) is 2.84. The number of fused-ring (bicyclic) bond motifs is 1. The Morgan fingerprint density at radius 3 is 2.62 bits per heavy atom. The van der Waals surface area contributed by atoms with Crippen molar-refractivity contribution < 1.29 is 14.3 Å².